The van der Waals surface area contributed by atoms with Crippen molar-refractivity contribution < 1.29 is 10.0 Å². The molecule has 1 heterocycles. The Morgan fingerprint density at radius 2 is 1.80 bits per heavy atom. The van der Waals surface area contributed by atoms with Gasteiger partial charge in [-0.15, -0.1) is 0 Å². The molecule has 1 saturated heterocycles. The SMILES string of the molecule is O=C(Nc1ccccc1)/C(CN1CCCCCC1)=N/O. The van der Waals surface area contributed by atoms with E-state index in [-0.39, 0.29) is 11.6 Å². The van der Waals surface area contributed by atoms with Gasteiger partial charge in [-0.2, -0.15) is 0 Å². The second kappa shape index (κ2) is 7.65. The molecule has 1 fully saturated rings. The van der Waals surface area contributed by atoms with Crippen molar-refractivity contribution in [2.75, 3.05) is 25.0 Å². The number of likely N-dealkylation sites (tertiary alicyclic amines) is 1. The van der Waals surface area contributed by atoms with E-state index in [1.165, 1.54) is 12.8 Å². The highest BCUT2D eigenvalue weighted by Gasteiger charge is 2.18. The molecular formula is C15H21N3O2. The predicted molar refractivity (Wildman–Crippen MR) is 79.2 cm³/mol. The zero-order valence-electron chi connectivity index (χ0n) is 11.6. The first-order valence-corrected chi connectivity index (χ1v) is 7.09. The molecule has 1 aliphatic heterocycles. The lowest BCUT2D eigenvalue weighted by Gasteiger charge is -2.19. The van der Waals surface area contributed by atoms with E-state index in [2.05, 4.69) is 15.4 Å². The summed E-state index contributed by atoms with van der Waals surface area (Å²) in [6, 6.07) is 9.19. The summed E-state index contributed by atoms with van der Waals surface area (Å²) in [4.78, 5) is 14.2. The standard InChI is InChI=1S/C15H21N3O2/c19-15(16-13-8-4-3-5-9-13)14(17-20)12-18-10-6-1-2-7-11-18/h3-5,8-9,20H,1-2,6-7,10-12H2,(H,16,19)/b17-14+. The van der Waals surface area contributed by atoms with E-state index in [4.69, 9.17) is 5.21 Å². The van der Waals surface area contributed by atoms with E-state index in [1.807, 2.05) is 18.2 Å². The highest BCUT2D eigenvalue weighted by atomic mass is 16.4. The lowest BCUT2D eigenvalue weighted by molar-refractivity contribution is -0.110. The maximum atomic E-state index is 12.1. The molecule has 20 heavy (non-hydrogen) atoms. The summed E-state index contributed by atoms with van der Waals surface area (Å²) in [6.07, 6.45) is 4.74. The van der Waals surface area contributed by atoms with Crippen LogP contribution in [0.4, 0.5) is 5.69 Å². The fourth-order valence-corrected chi connectivity index (χ4v) is 2.38. The first kappa shape index (κ1) is 14.5. The van der Waals surface area contributed by atoms with Gasteiger partial charge in [-0.25, -0.2) is 0 Å². The second-order valence-electron chi connectivity index (χ2n) is 5.06. The Balaban J connectivity index is 1.92. The fourth-order valence-electron chi connectivity index (χ4n) is 2.38. The summed E-state index contributed by atoms with van der Waals surface area (Å²) < 4.78 is 0. The first-order chi connectivity index (χ1) is 9.79. The van der Waals surface area contributed by atoms with Crippen molar-refractivity contribution in [1.29, 1.82) is 0 Å². The van der Waals surface area contributed by atoms with E-state index in [0.29, 0.717) is 12.2 Å². The van der Waals surface area contributed by atoms with Gasteiger partial charge in [0.25, 0.3) is 5.91 Å². The molecule has 2 rings (SSSR count). The average Bonchev–Trinajstić information content (AvgIpc) is 2.74. The molecule has 0 atom stereocenters. The van der Waals surface area contributed by atoms with Crippen LogP contribution in [0.15, 0.2) is 35.5 Å². The van der Waals surface area contributed by atoms with Gasteiger partial charge in [0.1, 0.15) is 0 Å². The molecule has 1 aromatic rings. The lowest BCUT2D eigenvalue weighted by atomic mass is 10.2. The molecule has 0 bridgehead atoms. The minimum absolute atomic E-state index is 0.163. The molecule has 0 aromatic heterocycles. The van der Waals surface area contributed by atoms with Crippen LogP contribution in [0.25, 0.3) is 0 Å². The van der Waals surface area contributed by atoms with E-state index in [0.717, 1.165) is 25.9 Å². The van der Waals surface area contributed by atoms with Crippen molar-refractivity contribution >= 4 is 17.3 Å². The van der Waals surface area contributed by atoms with Crippen LogP contribution >= 0.6 is 0 Å². The second-order valence-corrected chi connectivity index (χ2v) is 5.06. The zero-order chi connectivity index (χ0) is 14.2. The van der Waals surface area contributed by atoms with Gasteiger partial charge in [-0.3, -0.25) is 9.69 Å². The van der Waals surface area contributed by atoms with Gasteiger partial charge in [-0.05, 0) is 38.1 Å². The number of nitrogens with zero attached hydrogens (tertiary/aromatic N) is 2. The molecule has 5 nitrogen and oxygen atoms in total. The van der Waals surface area contributed by atoms with Crippen LogP contribution < -0.4 is 5.32 Å². The van der Waals surface area contributed by atoms with Gasteiger partial charge in [0.2, 0.25) is 0 Å². The number of nitrogens with one attached hydrogen (secondary N) is 1. The van der Waals surface area contributed by atoms with Crippen molar-refractivity contribution in [3.05, 3.63) is 30.3 Å². The Bertz CT molecular complexity index is 451. The van der Waals surface area contributed by atoms with E-state index < -0.39 is 0 Å². The number of anilines is 1. The summed E-state index contributed by atoms with van der Waals surface area (Å²) in [5.74, 6) is -0.344. The molecule has 0 aliphatic carbocycles. The number of carbonyl (C=O) groups excluding carboxylic acids is 1. The summed E-state index contributed by atoms with van der Waals surface area (Å²) in [6.45, 7) is 2.31. The molecule has 1 aliphatic rings. The Kier molecular flexibility index (Phi) is 5.55. The lowest BCUT2D eigenvalue weighted by Crippen LogP contribution is -2.37. The molecule has 5 heteroatoms. The maximum absolute atomic E-state index is 12.1. The third-order valence-electron chi connectivity index (χ3n) is 3.49. The number of hydrogen-bond acceptors (Lipinski definition) is 4. The summed E-state index contributed by atoms with van der Waals surface area (Å²) in [5.41, 5.74) is 0.866. The van der Waals surface area contributed by atoms with Gasteiger partial charge in [-0.1, -0.05) is 36.2 Å². The molecule has 2 N–H and O–H groups in total. The number of hydrogen-bond donors (Lipinski definition) is 2. The van der Waals surface area contributed by atoms with Crippen LogP contribution in [0.1, 0.15) is 25.7 Å². The largest absolute Gasteiger partial charge is 0.410 e. The van der Waals surface area contributed by atoms with E-state index >= 15 is 0 Å². The molecule has 108 valence electrons. The quantitative estimate of drug-likeness (QED) is 0.503. The first-order valence-electron chi connectivity index (χ1n) is 7.09. The number of rotatable bonds is 4. The number of amides is 1. The molecule has 1 aromatic carbocycles. The van der Waals surface area contributed by atoms with Crippen LogP contribution in [0.3, 0.4) is 0 Å². The fraction of sp³-hybridized carbons (Fsp3) is 0.467. The number of benzene rings is 1. The molecule has 0 spiro atoms. The normalized spacial score (nSPS) is 17.5. The molecule has 1 amide bonds. The topological polar surface area (TPSA) is 64.9 Å². The van der Waals surface area contributed by atoms with Gasteiger partial charge in [0.05, 0.1) is 0 Å². The van der Waals surface area contributed by atoms with Crippen molar-refractivity contribution in [2.45, 2.75) is 25.7 Å². The van der Waals surface area contributed by atoms with Gasteiger partial charge < -0.3 is 10.5 Å². The Morgan fingerprint density at radius 1 is 1.15 bits per heavy atom. The van der Waals surface area contributed by atoms with Crippen LogP contribution in [0, 0.1) is 0 Å². The van der Waals surface area contributed by atoms with Crippen molar-refractivity contribution in [1.82, 2.24) is 4.90 Å². The van der Waals surface area contributed by atoms with E-state index in [1.54, 1.807) is 12.1 Å². The Morgan fingerprint density at radius 3 is 2.40 bits per heavy atom. The molecular weight excluding hydrogens is 254 g/mol. The number of para-hydroxylation sites is 1. The highest BCUT2D eigenvalue weighted by Crippen LogP contribution is 2.10. The minimum Gasteiger partial charge on any atom is -0.410 e. The highest BCUT2D eigenvalue weighted by molar-refractivity contribution is 6.43. The monoisotopic (exact) mass is 275 g/mol. The van der Waals surface area contributed by atoms with Gasteiger partial charge in [0.15, 0.2) is 5.71 Å². The molecule has 0 saturated carbocycles. The summed E-state index contributed by atoms with van der Waals surface area (Å²) in [5, 5.41) is 15.0. The van der Waals surface area contributed by atoms with Crippen LogP contribution in [-0.4, -0.2) is 41.4 Å². The van der Waals surface area contributed by atoms with Crippen LogP contribution in [-0.2, 0) is 4.79 Å². The van der Waals surface area contributed by atoms with Crippen molar-refractivity contribution in [3.63, 3.8) is 0 Å². The molecule has 0 unspecified atom stereocenters. The third-order valence-corrected chi connectivity index (χ3v) is 3.49. The molecule has 0 radical (unpaired) electrons. The third kappa shape index (κ3) is 4.35. The van der Waals surface area contributed by atoms with Crippen LogP contribution in [0.5, 0.6) is 0 Å². The minimum atomic E-state index is -0.344. The van der Waals surface area contributed by atoms with Crippen molar-refractivity contribution in [3.8, 4) is 0 Å². The number of oxime groups is 1. The van der Waals surface area contributed by atoms with Crippen molar-refractivity contribution in [2.24, 2.45) is 5.16 Å². The maximum Gasteiger partial charge on any atom is 0.274 e. The average molecular weight is 275 g/mol. The summed E-state index contributed by atoms with van der Waals surface area (Å²) in [7, 11) is 0. The summed E-state index contributed by atoms with van der Waals surface area (Å²) >= 11 is 0. The van der Waals surface area contributed by atoms with Gasteiger partial charge in [0, 0.05) is 12.2 Å². The Hall–Kier alpha value is -1.88. The van der Waals surface area contributed by atoms with Gasteiger partial charge >= 0.3 is 0 Å². The zero-order valence-corrected chi connectivity index (χ0v) is 11.6. The predicted octanol–water partition coefficient (Wildman–Crippen LogP) is 2.33. The van der Waals surface area contributed by atoms with E-state index in [9.17, 15) is 4.79 Å². The Labute approximate surface area is 119 Å². The van der Waals surface area contributed by atoms with Crippen LogP contribution in [0.2, 0.25) is 0 Å². The number of carbonyl (C=O) groups is 1. The smallest absolute Gasteiger partial charge is 0.274 e.